The molecule has 0 radical (unpaired) electrons. The molecule has 0 spiro atoms. The molecule has 84 valence electrons. The van der Waals surface area contributed by atoms with Crippen molar-refractivity contribution < 1.29 is 4.42 Å². The molecule has 0 unspecified atom stereocenters. The normalized spacial score (nSPS) is 10.6. The summed E-state index contributed by atoms with van der Waals surface area (Å²) in [6, 6.07) is 9.85. The average molecular weight is 225 g/mol. The first-order chi connectivity index (χ1) is 8.43. The first-order valence-corrected chi connectivity index (χ1v) is 5.38. The van der Waals surface area contributed by atoms with Crippen LogP contribution in [0.1, 0.15) is 5.56 Å². The molecular formula is C13H11N3O. The van der Waals surface area contributed by atoms with Gasteiger partial charge in [0.15, 0.2) is 0 Å². The molecule has 2 aromatic heterocycles. The van der Waals surface area contributed by atoms with Gasteiger partial charge in [-0.2, -0.15) is 0 Å². The van der Waals surface area contributed by atoms with E-state index in [0.29, 0.717) is 6.54 Å². The number of benzene rings is 1. The van der Waals surface area contributed by atoms with Crippen LogP contribution < -0.4 is 5.32 Å². The zero-order valence-corrected chi connectivity index (χ0v) is 9.13. The minimum absolute atomic E-state index is 0.692. The van der Waals surface area contributed by atoms with E-state index in [0.717, 1.165) is 22.3 Å². The summed E-state index contributed by atoms with van der Waals surface area (Å²) in [5.74, 6) is 0.844. The second kappa shape index (κ2) is 4.25. The number of hydrogen-bond acceptors (Lipinski definition) is 4. The van der Waals surface area contributed by atoms with Gasteiger partial charge < -0.3 is 9.73 Å². The molecule has 0 saturated heterocycles. The summed E-state index contributed by atoms with van der Waals surface area (Å²) < 4.78 is 5.02. The maximum Gasteiger partial charge on any atom is 0.137 e. The van der Waals surface area contributed by atoms with Gasteiger partial charge in [-0.05, 0) is 18.2 Å². The zero-order chi connectivity index (χ0) is 11.5. The van der Waals surface area contributed by atoms with E-state index in [1.54, 1.807) is 18.9 Å². The van der Waals surface area contributed by atoms with E-state index in [2.05, 4.69) is 15.3 Å². The van der Waals surface area contributed by atoms with Crippen molar-refractivity contribution >= 4 is 16.7 Å². The van der Waals surface area contributed by atoms with Gasteiger partial charge in [0.25, 0.3) is 0 Å². The van der Waals surface area contributed by atoms with Crippen LogP contribution in [0.5, 0.6) is 0 Å². The van der Waals surface area contributed by atoms with E-state index in [1.807, 2.05) is 30.3 Å². The molecule has 3 rings (SSSR count). The van der Waals surface area contributed by atoms with Crippen LogP contribution in [0.2, 0.25) is 0 Å². The Balaban J connectivity index is 1.90. The Morgan fingerprint density at radius 2 is 2.06 bits per heavy atom. The highest BCUT2D eigenvalue weighted by molar-refractivity contribution is 5.88. The first kappa shape index (κ1) is 9.84. The molecule has 1 N–H and O–H groups in total. The molecule has 0 aliphatic heterocycles. The summed E-state index contributed by atoms with van der Waals surface area (Å²) in [7, 11) is 0. The van der Waals surface area contributed by atoms with Crippen LogP contribution in [0, 0.1) is 0 Å². The third-order valence-electron chi connectivity index (χ3n) is 2.58. The molecule has 0 amide bonds. The highest BCUT2D eigenvalue weighted by atomic mass is 16.3. The molecule has 0 aliphatic carbocycles. The van der Waals surface area contributed by atoms with Crippen molar-refractivity contribution in [1.29, 1.82) is 0 Å². The van der Waals surface area contributed by atoms with E-state index >= 15 is 0 Å². The van der Waals surface area contributed by atoms with Gasteiger partial charge in [-0.3, -0.25) is 0 Å². The number of nitrogens with one attached hydrogen (secondary N) is 1. The fraction of sp³-hybridized carbons (Fsp3) is 0.0769. The quantitative estimate of drug-likeness (QED) is 0.744. The Morgan fingerprint density at radius 3 is 2.94 bits per heavy atom. The molecule has 0 bridgehead atoms. The summed E-state index contributed by atoms with van der Waals surface area (Å²) in [5.41, 5.74) is 2.03. The topological polar surface area (TPSA) is 51.0 Å². The summed E-state index contributed by atoms with van der Waals surface area (Å²) in [5, 5.41) is 4.31. The second-order valence-electron chi connectivity index (χ2n) is 3.72. The molecule has 17 heavy (non-hydrogen) atoms. The van der Waals surface area contributed by atoms with Crippen molar-refractivity contribution in [3.8, 4) is 0 Å². The van der Waals surface area contributed by atoms with Crippen LogP contribution in [0.25, 0.3) is 10.9 Å². The van der Waals surface area contributed by atoms with Crippen molar-refractivity contribution in [2.75, 3.05) is 5.32 Å². The fourth-order valence-corrected chi connectivity index (χ4v) is 1.72. The molecular weight excluding hydrogens is 214 g/mol. The molecule has 4 heteroatoms. The van der Waals surface area contributed by atoms with Crippen LogP contribution in [0.15, 0.2) is 53.6 Å². The minimum Gasteiger partial charge on any atom is -0.472 e. The Morgan fingerprint density at radius 1 is 1.12 bits per heavy atom. The van der Waals surface area contributed by atoms with E-state index < -0.39 is 0 Å². The lowest BCUT2D eigenvalue weighted by Gasteiger charge is -2.06. The van der Waals surface area contributed by atoms with Crippen molar-refractivity contribution in [2.24, 2.45) is 0 Å². The van der Waals surface area contributed by atoms with Crippen molar-refractivity contribution in [1.82, 2.24) is 9.97 Å². The number of anilines is 1. The minimum atomic E-state index is 0.692. The van der Waals surface area contributed by atoms with Crippen LogP contribution in [-0.2, 0) is 6.54 Å². The number of nitrogens with zero attached hydrogens (tertiary/aromatic N) is 2. The van der Waals surface area contributed by atoms with Crippen molar-refractivity contribution in [3.05, 3.63) is 54.7 Å². The smallest absolute Gasteiger partial charge is 0.137 e. The number of rotatable bonds is 3. The molecule has 0 atom stereocenters. The molecule has 0 aliphatic rings. The van der Waals surface area contributed by atoms with Crippen LogP contribution >= 0.6 is 0 Å². The Bertz CT molecular complexity index is 614. The van der Waals surface area contributed by atoms with Gasteiger partial charge in [-0.1, -0.05) is 12.1 Å². The molecule has 2 heterocycles. The number of furan rings is 1. The highest BCUT2D eigenvalue weighted by Crippen LogP contribution is 2.18. The molecule has 4 nitrogen and oxygen atoms in total. The van der Waals surface area contributed by atoms with Crippen LogP contribution in [0.3, 0.4) is 0 Å². The van der Waals surface area contributed by atoms with Gasteiger partial charge in [-0.15, -0.1) is 0 Å². The van der Waals surface area contributed by atoms with E-state index in [1.165, 1.54) is 0 Å². The number of fused-ring (bicyclic) bond motifs is 1. The van der Waals surface area contributed by atoms with E-state index in [-0.39, 0.29) is 0 Å². The second-order valence-corrected chi connectivity index (χ2v) is 3.72. The summed E-state index contributed by atoms with van der Waals surface area (Å²) in [6.07, 6.45) is 4.95. The van der Waals surface area contributed by atoms with Gasteiger partial charge in [0.05, 0.1) is 18.0 Å². The predicted molar refractivity (Wildman–Crippen MR) is 65.6 cm³/mol. The Kier molecular flexibility index (Phi) is 2.46. The number of hydrogen-bond donors (Lipinski definition) is 1. The molecule has 0 saturated carbocycles. The monoisotopic (exact) mass is 225 g/mol. The van der Waals surface area contributed by atoms with Gasteiger partial charge in [-0.25, -0.2) is 9.97 Å². The lowest BCUT2D eigenvalue weighted by atomic mass is 10.2. The lowest BCUT2D eigenvalue weighted by molar-refractivity contribution is 0.564. The number of aromatic nitrogens is 2. The maximum atomic E-state index is 5.02. The molecule has 0 fully saturated rings. The summed E-state index contributed by atoms with van der Waals surface area (Å²) in [6.45, 7) is 0.692. The Hall–Kier alpha value is -2.36. The standard InChI is InChI=1S/C13H11N3O/c1-2-4-12-11(3-1)13(16-9-15-12)14-7-10-5-6-17-8-10/h1-6,8-9H,7H2,(H,14,15,16). The molecule has 1 aromatic carbocycles. The van der Waals surface area contributed by atoms with Gasteiger partial charge >= 0.3 is 0 Å². The van der Waals surface area contributed by atoms with Crippen molar-refractivity contribution in [2.45, 2.75) is 6.54 Å². The van der Waals surface area contributed by atoms with Crippen LogP contribution in [0.4, 0.5) is 5.82 Å². The fourth-order valence-electron chi connectivity index (χ4n) is 1.72. The summed E-state index contributed by atoms with van der Waals surface area (Å²) >= 11 is 0. The van der Waals surface area contributed by atoms with Gasteiger partial charge in [0.1, 0.15) is 12.1 Å². The SMILES string of the molecule is c1ccc2c(NCc3ccoc3)ncnc2c1. The third kappa shape index (κ3) is 1.97. The third-order valence-corrected chi connectivity index (χ3v) is 2.58. The summed E-state index contributed by atoms with van der Waals surface area (Å²) in [4.78, 5) is 8.47. The predicted octanol–water partition coefficient (Wildman–Crippen LogP) is 2.83. The zero-order valence-electron chi connectivity index (χ0n) is 9.13. The highest BCUT2D eigenvalue weighted by Gasteiger charge is 2.02. The van der Waals surface area contributed by atoms with Gasteiger partial charge in [0, 0.05) is 17.5 Å². The first-order valence-electron chi connectivity index (χ1n) is 5.38. The van der Waals surface area contributed by atoms with E-state index in [9.17, 15) is 0 Å². The van der Waals surface area contributed by atoms with Crippen LogP contribution in [-0.4, -0.2) is 9.97 Å². The largest absolute Gasteiger partial charge is 0.472 e. The Labute approximate surface area is 98.3 Å². The van der Waals surface area contributed by atoms with E-state index in [4.69, 9.17) is 4.42 Å². The number of para-hydroxylation sites is 1. The maximum absolute atomic E-state index is 5.02. The average Bonchev–Trinajstić information content (AvgIpc) is 2.89. The molecule has 3 aromatic rings. The lowest BCUT2D eigenvalue weighted by Crippen LogP contribution is -2.01. The van der Waals surface area contributed by atoms with Gasteiger partial charge in [0.2, 0.25) is 0 Å². The van der Waals surface area contributed by atoms with Crippen molar-refractivity contribution in [3.63, 3.8) is 0 Å².